The Hall–Kier alpha value is -0.780. The van der Waals surface area contributed by atoms with Crippen molar-refractivity contribution in [2.75, 3.05) is 0 Å². The molecule has 0 rings (SSSR count). The van der Waals surface area contributed by atoms with Crippen molar-refractivity contribution in [1.82, 2.24) is 0 Å². The van der Waals surface area contributed by atoms with E-state index in [4.69, 9.17) is 0 Å². The lowest BCUT2D eigenvalue weighted by Gasteiger charge is -2.28. The van der Waals surface area contributed by atoms with Gasteiger partial charge in [0.1, 0.15) is 0 Å². The summed E-state index contributed by atoms with van der Waals surface area (Å²) in [6.45, 7) is 15.5. The summed E-state index contributed by atoms with van der Waals surface area (Å²) in [5.41, 5.74) is 1.36. The molecule has 0 saturated carbocycles. The van der Waals surface area contributed by atoms with Crippen LogP contribution >= 0.6 is 0 Å². The molecule has 0 N–H and O–H groups in total. The summed E-state index contributed by atoms with van der Waals surface area (Å²) >= 11 is 0. The van der Waals surface area contributed by atoms with E-state index in [9.17, 15) is 0 Å². The van der Waals surface area contributed by atoms with Gasteiger partial charge in [-0.1, -0.05) is 71.4 Å². The quantitative estimate of drug-likeness (QED) is 0.331. The fraction of sp³-hybridized carbons (Fsp3) is 0.667. The van der Waals surface area contributed by atoms with E-state index in [1.165, 1.54) is 31.3 Å². The summed E-state index contributed by atoms with van der Waals surface area (Å²) in [4.78, 5) is 0. The first-order valence-corrected chi connectivity index (χ1v) is 7.49. The number of allylic oxidation sites excluding steroid dienone is 5. The molecule has 0 amide bonds. The molecule has 2 unspecified atom stereocenters. The predicted molar refractivity (Wildman–Crippen MR) is 84.8 cm³/mol. The molecule has 0 aromatic carbocycles. The van der Waals surface area contributed by atoms with Gasteiger partial charge in [0.25, 0.3) is 0 Å². The van der Waals surface area contributed by atoms with Gasteiger partial charge in [0, 0.05) is 5.41 Å². The van der Waals surface area contributed by atoms with E-state index in [1.54, 1.807) is 0 Å². The summed E-state index contributed by atoms with van der Waals surface area (Å²) in [7, 11) is 0. The molecule has 0 aromatic rings. The van der Waals surface area contributed by atoms with E-state index in [0.29, 0.717) is 0 Å². The van der Waals surface area contributed by atoms with Crippen LogP contribution < -0.4 is 0 Å². The standard InChI is InChI=1S/C18H32/c1-7-10-14-18(6,17(5)12-9-3)15-13-16(4)11-8-2/h9-10,12,14,16H,5,7-8,11,13,15H2,1-4,6H3/b12-9+,14-10-. The maximum absolute atomic E-state index is 4.26. The van der Waals surface area contributed by atoms with Crippen molar-refractivity contribution >= 4 is 0 Å². The average molecular weight is 248 g/mol. The van der Waals surface area contributed by atoms with Gasteiger partial charge in [-0.05, 0) is 37.7 Å². The van der Waals surface area contributed by atoms with Crippen LogP contribution in [0, 0.1) is 11.3 Å². The smallest absolute Gasteiger partial charge is 0.00977 e. The Balaban J connectivity index is 4.67. The molecular formula is C18H32. The van der Waals surface area contributed by atoms with Gasteiger partial charge in [-0.2, -0.15) is 0 Å². The molecule has 0 aliphatic carbocycles. The maximum Gasteiger partial charge on any atom is 0.00977 e. The molecule has 0 heteroatoms. The lowest BCUT2D eigenvalue weighted by molar-refractivity contribution is 0.381. The Bertz CT molecular complexity index is 282. The molecular weight excluding hydrogens is 216 g/mol. The lowest BCUT2D eigenvalue weighted by atomic mass is 9.76. The minimum absolute atomic E-state index is 0.129. The summed E-state index contributed by atoms with van der Waals surface area (Å²) in [6.07, 6.45) is 15.1. The van der Waals surface area contributed by atoms with Crippen molar-refractivity contribution in [1.29, 1.82) is 0 Å². The first-order chi connectivity index (χ1) is 8.50. The first-order valence-electron chi connectivity index (χ1n) is 7.49. The minimum atomic E-state index is 0.129. The normalized spacial score (nSPS) is 17.2. The summed E-state index contributed by atoms with van der Waals surface area (Å²) < 4.78 is 0. The Morgan fingerprint density at radius 2 is 1.94 bits per heavy atom. The highest BCUT2D eigenvalue weighted by molar-refractivity contribution is 5.28. The monoisotopic (exact) mass is 248 g/mol. The van der Waals surface area contributed by atoms with Gasteiger partial charge in [-0.25, -0.2) is 0 Å². The number of hydrogen-bond acceptors (Lipinski definition) is 0. The van der Waals surface area contributed by atoms with Crippen LogP contribution in [-0.4, -0.2) is 0 Å². The number of hydrogen-bond donors (Lipinski definition) is 0. The van der Waals surface area contributed by atoms with Crippen molar-refractivity contribution in [3.8, 4) is 0 Å². The molecule has 0 fully saturated rings. The molecule has 0 bridgehead atoms. The molecule has 0 aliphatic heterocycles. The van der Waals surface area contributed by atoms with Crippen molar-refractivity contribution < 1.29 is 0 Å². The molecule has 2 atom stereocenters. The third-order valence-corrected chi connectivity index (χ3v) is 3.76. The van der Waals surface area contributed by atoms with Crippen LogP contribution in [0.1, 0.15) is 66.7 Å². The average Bonchev–Trinajstić information content (AvgIpc) is 2.34. The lowest BCUT2D eigenvalue weighted by Crippen LogP contribution is -2.16. The van der Waals surface area contributed by atoms with Crippen LogP contribution in [0.25, 0.3) is 0 Å². The summed E-state index contributed by atoms with van der Waals surface area (Å²) in [6, 6.07) is 0. The highest BCUT2D eigenvalue weighted by Gasteiger charge is 2.23. The summed E-state index contributed by atoms with van der Waals surface area (Å²) in [5, 5.41) is 0. The fourth-order valence-corrected chi connectivity index (χ4v) is 2.30. The van der Waals surface area contributed by atoms with Gasteiger partial charge < -0.3 is 0 Å². The Morgan fingerprint density at radius 3 is 2.44 bits per heavy atom. The highest BCUT2D eigenvalue weighted by atomic mass is 14.3. The van der Waals surface area contributed by atoms with Gasteiger partial charge >= 0.3 is 0 Å². The molecule has 0 aliphatic rings. The van der Waals surface area contributed by atoms with E-state index in [-0.39, 0.29) is 5.41 Å². The third-order valence-electron chi connectivity index (χ3n) is 3.76. The molecule has 18 heavy (non-hydrogen) atoms. The SMILES string of the molecule is C=C(/C=C/C)C(C)(/C=C\CC)CCC(C)CCC. The minimum Gasteiger partial charge on any atom is -0.0950 e. The van der Waals surface area contributed by atoms with Gasteiger partial charge in [-0.3, -0.25) is 0 Å². The van der Waals surface area contributed by atoms with Crippen LogP contribution in [-0.2, 0) is 0 Å². The van der Waals surface area contributed by atoms with Crippen molar-refractivity contribution in [2.45, 2.75) is 66.7 Å². The maximum atomic E-state index is 4.26. The second-order valence-electron chi connectivity index (χ2n) is 5.69. The molecule has 104 valence electrons. The third kappa shape index (κ3) is 6.23. The van der Waals surface area contributed by atoms with E-state index >= 15 is 0 Å². The second kappa shape index (κ2) is 9.19. The topological polar surface area (TPSA) is 0 Å². The molecule has 0 radical (unpaired) electrons. The molecule has 0 heterocycles. The zero-order valence-corrected chi connectivity index (χ0v) is 13.1. The van der Waals surface area contributed by atoms with Crippen LogP contribution in [0.4, 0.5) is 0 Å². The van der Waals surface area contributed by atoms with Gasteiger partial charge in [0.2, 0.25) is 0 Å². The van der Waals surface area contributed by atoms with E-state index in [1.807, 2.05) is 0 Å². The predicted octanol–water partition coefficient (Wildman–Crippen LogP) is 6.31. The Labute approximate surface area is 115 Å². The molecule has 0 aromatic heterocycles. The second-order valence-corrected chi connectivity index (χ2v) is 5.69. The Kier molecular flexibility index (Phi) is 8.79. The first kappa shape index (κ1) is 17.2. The van der Waals surface area contributed by atoms with Crippen LogP contribution in [0.15, 0.2) is 36.5 Å². The van der Waals surface area contributed by atoms with E-state index in [0.717, 1.165) is 12.3 Å². The van der Waals surface area contributed by atoms with Crippen molar-refractivity contribution in [2.24, 2.45) is 11.3 Å². The van der Waals surface area contributed by atoms with Gasteiger partial charge in [0.15, 0.2) is 0 Å². The van der Waals surface area contributed by atoms with E-state index in [2.05, 4.69) is 65.5 Å². The summed E-state index contributed by atoms with van der Waals surface area (Å²) in [5.74, 6) is 0.822. The zero-order valence-electron chi connectivity index (χ0n) is 13.1. The molecule has 0 nitrogen and oxygen atoms in total. The van der Waals surface area contributed by atoms with Crippen molar-refractivity contribution in [3.05, 3.63) is 36.5 Å². The van der Waals surface area contributed by atoms with Gasteiger partial charge in [-0.15, -0.1) is 0 Å². The largest absolute Gasteiger partial charge is 0.0950 e. The highest BCUT2D eigenvalue weighted by Crippen LogP contribution is 2.36. The number of rotatable bonds is 9. The van der Waals surface area contributed by atoms with Crippen molar-refractivity contribution in [3.63, 3.8) is 0 Å². The van der Waals surface area contributed by atoms with Crippen LogP contribution in [0.5, 0.6) is 0 Å². The van der Waals surface area contributed by atoms with Crippen LogP contribution in [0.3, 0.4) is 0 Å². The van der Waals surface area contributed by atoms with E-state index < -0.39 is 0 Å². The molecule has 0 saturated heterocycles. The van der Waals surface area contributed by atoms with Gasteiger partial charge in [0.05, 0.1) is 0 Å². The molecule has 0 spiro atoms. The Morgan fingerprint density at radius 1 is 1.28 bits per heavy atom. The van der Waals surface area contributed by atoms with Crippen LogP contribution in [0.2, 0.25) is 0 Å². The zero-order chi connectivity index (χ0) is 14.0. The fourth-order valence-electron chi connectivity index (χ4n) is 2.30.